The largest absolute Gasteiger partial charge is 0.388 e. The molecule has 3 N–H and O–H groups in total. The van der Waals surface area contributed by atoms with Gasteiger partial charge in [-0.05, 0) is 20.3 Å². The Kier molecular flexibility index (Phi) is 7.25. The molecule has 114 valence electrons. The van der Waals surface area contributed by atoms with Gasteiger partial charge in [0.1, 0.15) is 18.3 Å². The van der Waals surface area contributed by atoms with Crippen LogP contribution in [0.5, 0.6) is 0 Å². The van der Waals surface area contributed by atoms with Crippen molar-refractivity contribution in [2.24, 2.45) is 0 Å². The molecule has 0 spiro atoms. The molecule has 1 rings (SSSR count). The maximum atomic E-state index is 9.82. The predicted molar refractivity (Wildman–Crippen MR) is 71.7 cm³/mol. The van der Waals surface area contributed by atoms with Gasteiger partial charge in [0.15, 0.2) is 6.29 Å². The number of ether oxygens (including phenoxy) is 2. The maximum Gasteiger partial charge on any atom is 0.186 e. The topological polar surface area (TPSA) is 79.2 Å². The first kappa shape index (κ1) is 16.9. The summed E-state index contributed by atoms with van der Waals surface area (Å²) in [5.74, 6) is 0. The lowest BCUT2D eigenvalue weighted by Gasteiger charge is -2.39. The van der Waals surface area contributed by atoms with Crippen LogP contribution >= 0.6 is 0 Å². The molecule has 19 heavy (non-hydrogen) atoms. The van der Waals surface area contributed by atoms with Gasteiger partial charge >= 0.3 is 0 Å². The van der Waals surface area contributed by atoms with E-state index in [1.807, 2.05) is 6.92 Å². The van der Waals surface area contributed by atoms with Crippen LogP contribution in [0.1, 0.15) is 52.9 Å². The van der Waals surface area contributed by atoms with E-state index in [2.05, 4.69) is 6.92 Å². The van der Waals surface area contributed by atoms with E-state index in [-0.39, 0.29) is 6.10 Å². The first-order valence-corrected chi connectivity index (χ1v) is 7.32. The molecule has 1 fully saturated rings. The van der Waals surface area contributed by atoms with Gasteiger partial charge in [-0.2, -0.15) is 0 Å². The quantitative estimate of drug-likeness (QED) is 0.609. The Morgan fingerprint density at radius 3 is 2.37 bits per heavy atom. The van der Waals surface area contributed by atoms with Crippen molar-refractivity contribution in [2.75, 3.05) is 0 Å². The summed E-state index contributed by atoms with van der Waals surface area (Å²) in [6.07, 6.45) is 0.628. The number of aliphatic hydroxyl groups is 3. The molecule has 1 saturated heterocycles. The molecule has 0 saturated carbocycles. The fourth-order valence-electron chi connectivity index (χ4n) is 2.28. The molecule has 0 aliphatic carbocycles. The molecule has 0 aromatic heterocycles. The second-order valence-electron chi connectivity index (χ2n) is 5.48. The third-order valence-corrected chi connectivity index (χ3v) is 3.64. The van der Waals surface area contributed by atoms with Gasteiger partial charge in [-0.1, -0.05) is 32.6 Å². The minimum atomic E-state index is -1.22. The van der Waals surface area contributed by atoms with Gasteiger partial charge in [-0.3, -0.25) is 0 Å². The fourth-order valence-corrected chi connectivity index (χ4v) is 2.28. The van der Waals surface area contributed by atoms with E-state index in [1.54, 1.807) is 6.92 Å². The average molecular weight is 276 g/mol. The lowest BCUT2D eigenvalue weighted by molar-refractivity contribution is -0.303. The molecule has 0 bridgehead atoms. The summed E-state index contributed by atoms with van der Waals surface area (Å²) in [6.45, 7) is 5.76. The molecule has 5 heteroatoms. The van der Waals surface area contributed by atoms with Gasteiger partial charge in [0.25, 0.3) is 0 Å². The normalized spacial score (nSPS) is 37.3. The van der Waals surface area contributed by atoms with Crippen molar-refractivity contribution < 1.29 is 24.8 Å². The predicted octanol–water partition coefficient (Wildman–Crippen LogP) is 1.19. The summed E-state index contributed by atoms with van der Waals surface area (Å²) in [4.78, 5) is 0. The number of hydrogen-bond acceptors (Lipinski definition) is 5. The third-order valence-electron chi connectivity index (χ3n) is 3.64. The Morgan fingerprint density at radius 1 is 1.05 bits per heavy atom. The molecule has 1 aliphatic rings. The number of rotatable bonds is 7. The van der Waals surface area contributed by atoms with Crippen molar-refractivity contribution in [3.8, 4) is 0 Å². The number of aliphatic hydroxyl groups excluding tert-OH is 3. The van der Waals surface area contributed by atoms with Crippen molar-refractivity contribution >= 4 is 0 Å². The van der Waals surface area contributed by atoms with Crippen LogP contribution in [0.4, 0.5) is 0 Å². The van der Waals surface area contributed by atoms with Gasteiger partial charge in [-0.15, -0.1) is 0 Å². The van der Waals surface area contributed by atoms with Crippen molar-refractivity contribution in [3.05, 3.63) is 0 Å². The maximum absolute atomic E-state index is 9.82. The molecule has 1 aliphatic heterocycles. The molecule has 0 aromatic rings. The highest BCUT2D eigenvalue weighted by Gasteiger charge is 2.42. The SMILES string of the molecule is CCCCCCC(C)O[C@@H]1O[C@H](C)[C@H](O)[C@H](O)[C@H]1O. The summed E-state index contributed by atoms with van der Waals surface area (Å²) in [5.41, 5.74) is 0. The number of unbranched alkanes of at least 4 members (excludes halogenated alkanes) is 3. The Balaban J connectivity index is 2.34. The smallest absolute Gasteiger partial charge is 0.186 e. The zero-order valence-corrected chi connectivity index (χ0v) is 12.2. The van der Waals surface area contributed by atoms with Crippen molar-refractivity contribution in [2.45, 2.75) is 89.7 Å². The first-order valence-electron chi connectivity index (χ1n) is 7.32. The highest BCUT2D eigenvalue weighted by Crippen LogP contribution is 2.23. The second kappa shape index (κ2) is 8.17. The molecule has 0 amide bonds. The van der Waals surface area contributed by atoms with Gasteiger partial charge in [0, 0.05) is 0 Å². The lowest BCUT2D eigenvalue weighted by atomic mass is 10.00. The molecular formula is C14H28O5. The fraction of sp³-hybridized carbons (Fsp3) is 1.00. The molecule has 6 atom stereocenters. The summed E-state index contributed by atoms with van der Waals surface area (Å²) < 4.78 is 11.0. The summed E-state index contributed by atoms with van der Waals surface area (Å²) in [7, 11) is 0. The molecule has 1 heterocycles. The van der Waals surface area contributed by atoms with E-state index in [4.69, 9.17) is 9.47 Å². The van der Waals surface area contributed by atoms with E-state index in [9.17, 15) is 15.3 Å². The van der Waals surface area contributed by atoms with Crippen molar-refractivity contribution in [1.82, 2.24) is 0 Å². The van der Waals surface area contributed by atoms with Crippen LogP contribution < -0.4 is 0 Å². The van der Waals surface area contributed by atoms with Gasteiger partial charge < -0.3 is 24.8 Å². The minimum Gasteiger partial charge on any atom is -0.388 e. The van der Waals surface area contributed by atoms with E-state index in [0.29, 0.717) is 0 Å². The standard InChI is InChI=1S/C14H28O5/c1-4-5-6-7-8-9(2)18-14-13(17)12(16)11(15)10(3)19-14/h9-17H,4-8H2,1-3H3/t9?,10-,11+,12+,13-,14-/m1/s1. The van der Waals surface area contributed by atoms with Crippen LogP contribution in [-0.4, -0.2) is 52.1 Å². The highest BCUT2D eigenvalue weighted by molar-refractivity contribution is 4.87. The summed E-state index contributed by atoms with van der Waals surface area (Å²) in [6, 6.07) is 0. The molecule has 0 radical (unpaired) electrons. The average Bonchev–Trinajstić information content (AvgIpc) is 2.38. The first-order chi connectivity index (χ1) is 8.97. The minimum absolute atomic E-state index is 0.0360. The molecular weight excluding hydrogens is 248 g/mol. The monoisotopic (exact) mass is 276 g/mol. The second-order valence-corrected chi connectivity index (χ2v) is 5.48. The van der Waals surface area contributed by atoms with E-state index < -0.39 is 30.7 Å². The molecule has 0 aromatic carbocycles. The van der Waals surface area contributed by atoms with Crippen LogP contribution in [0.15, 0.2) is 0 Å². The van der Waals surface area contributed by atoms with E-state index in [0.717, 1.165) is 12.8 Å². The van der Waals surface area contributed by atoms with Crippen LogP contribution in [-0.2, 0) is 9.47 Å². The zero-order chi connectivity index (χ0) is 14.4. The van der Waals surface area contributed by atoms with Crippen molar-refractivity contribution in [3.63, 3.8) is 0 Å². The van der Waals surface area contributed by atoms with Crippen LogP contribution in [0, 0.1) is 0 Å². The van der Waals surface area contributed by atoms with Gasteiger partial charge in [0.2, 0.25) is 0 Å². The zero-order valence-electron chi connectivity index (χ0n) is 12.2. The number of hydrogen-bond donors (Lipinski definition) is 3. The van der Waals surface area contributed by atoms with E-state index in [1.165, 1.54) is 19.3 Å². The summed E-state index contributed by atoms with van der Waals surface area (Å²) in [5, 5.41) is 29.1. The van der Waals surface area contributed by atoms with Gasteiger partial charge in [-0.25, -0.2) is 0 Å². The van der Waals surface area contributed by atoms with Gasteiger partial charge in [0.05, 0.1) is 12.2 Å². The summed E-state index contributed by atoms with van der Waals surface area (Å²) >= 11 is 0. The van der Waals surface area contributed by atoms with Crippen LogP contribution in [0.3, 0.4) is 0 Å². The Bertz CT molecular complexity index is 248. The van der Waals surface area contributed by atoms with Crippen LogP contribution in [0.2, 0.25) is 0 Å². The third kappa shape index (κ3) is 5.00. The Morgan fingerprint density at radius 2 is 1.74 bits per heavy atom. The molecule has 5 nitrogen and oxygen atoms in total. The highest BCUT2D eigenvalue weighted by atomic mass is 16.7. The van der Waals surface area contributed by atoms with E-state index >= 15 is 0 Å². The lowest BCUT2D eigenvalue weighted by Crippen LogP contribution is -2.57. The molecule has 1 unspecified atom stereocenters. The van der Waals surface area contributed by atoms with Crippen LogP contribution in [0.25, 0.3) is 0 Å². The van der Waals surface area contributed by atoms with Crippen molar-refractivity contribution in [1.29, 1.82) is 0 Å². The Labute approximate surface area is 115 Å². The Hall–Kier alpha value is -0.200.